The molecule has 0 saturated heterocycles. The lowest BCUT2D eigenvalue weighted by molar-refractivity contribution is -0.385. The Morgan fingerprint density at radius 1 is 1.36 bits per heavy atom. The number of hydrogen-bond donors (Lipinski definition) is 1. The van der Waals surface area contributed by atoms with Crippen molar-refractivity contribution in [2.75, 3.05) is 0 Å². The molecule has 0 unspecified atom stereocenters. The van der Waals surface area contributed by atoms with E-state index in [1.807, 2.05) is 0 Å². The van der Waals surface area contributed by atoms with Crippen LogP contribution in [-0.4, -0.2) is 16.5 Å². The minimum Gasteiger partial charge on any atom is -0.267 e. The maximum Gasteiger partial charge on any atom is 0.273 e. The van der Waals surface area contributed by atoms with Gasteiger partial charge in [-0.1, -0.05) is 17.7 Å². The lowest BCUT2D eigenvalue weighted by Crippen LogP contribution is -2.19. The van der Waals surface area contributed by atoms with Crippen molar-refractivity contribution in [1.29, 1.82) is 0 Å². The van der Waals surface area contributed by atoms with Gasteiger partial charge >= 0.3 is 0 Å². The van der Waals surface area contributed by atoms with Crippen molar-refractivity contribution in [1.82, 2.24) is 5.43 Å². The van der Waals surface area contributed by atoms with Crippen LogP contribution in [0, 0.1) is 17.0 Å². The molecule has 22 heavy (non-hydrogen) atoms. The molecule has 1 amide bonds. The molecule has 2 rings (SSSR count). The van der Waals surface area contributed by atoms with E-state index in [2.05, 4.69) is 10.5 Å². The number of carbonyl (C=O) groups excluding carboxylic acids is 1. The van der Waals surface area contributed by atoms with Crippen LogP contribution in [0.2, 0.25) is 4.34 Å². The zero-order valence-corrected chi connectivity index (χ0v) is 13.4. The van der Waals surface area contributed by atoms with Gasteiger partial charge < -0.3 is 0 Å². The quantitative estimate of drug-likeness (QED) is 0.523. The van der Waals surface area contributed by atoms with Crippen LogP contribution in [0.4, 0.5) is 5.69 Å². The summed E-state index contributed by atoms with van der Waals surface area (Å²) in [5.74, 6) is -0.509. The smallest absolute Gasteiger partial charge is 0.267 e. The highest BCUT2D eigenvalue weighted by Crippen LogP contribution is 2.22. The van der Waals surface area contributed by atoms with Gasteiger partial charge in [0.15, 0.2) is 0 Å². The molecule has 0 radical (unpaired) electrons. The number of carbonyl (C=O) groups is 1. The van der Waals surface area contributed by atoms with Gasteiger partial charge in [0.1, 0.15) is 0 Å². The highest BCUT2D eigenvalue weighted by Gasteiger charge is 2.14. The topological polar surface area (TPSA) is 84.6 Å². The average molecular weight is 338 g/mol. The van der Waals surface area contributed by atoms with E-state index in [4.69, 9.17) is 11.6 Å². The summed E-state index contributed by atoms with van der Waals surface area (Å²) in [6.45, 7) is 3.35. The predicted octanol–water partition coefficient (Wildman–Crippen LogP) is 3.77. The first kappa shape index (κ1) is 16.1. The molecule has 0 atom stereocenters. The van der Waals surface area contributed by atoms with E-state index in [0.717, 1.165) is 4.88 Å². The Hall–Kier alpha value is -2.25. The van der Waals surface area contributed by atoms with Crippen LogP contribution in [0.3, 0.4) is 0 Å². The summed E-state index contributed by atoms with van der Waals surface area (Å²) in [5.41, 5.74) is 3.56. The normalized spacial score (nSPS) is 11.3. The van der Waals surface area contributed by atoms with Crippen molar-refractivity contribution in [2.24, 2.45) is 5.10 Å². The number of nitro groups is 1. The molecule has 8 heteroatoms. The second-order valence-corrected chi connectivity index (χ2v) is 6.22. The molecule has 2 aromatic rings. The summed E-state index contributed by atoms with van der Waals surface area (Å²) in [7, 11) is 0. The Balaban J connectivity index is 2.16. The standard InChI is InChI=1S/C14H12ClN3O3S/c1-8-3-4-10(7-11(8)18(20)21)14(19)17-16-9(2)12-5-6-13(15)22-12/h3-7H,1-2H3,(H,17,19)/b16-9+. The number of hydrazone groups is 1. The monoisotopic (exact) mass is 337 g/mol. The summed E-state index contributed by atoms with van der Waals surface area (Å²) in [5, 5.41) is 14.9. The maximum atomic E-state index is 12.0. The minimum atomic E-state index is -0.520. The van der Waals surface area contributed by atoms with Gasteiger partial charge in [0, 0.05) is 17.2 Å². The van der Waals surface area contributed by atoms with E-state index in [-0.39, 0.29) is 11.3 Å². The molecular formula is C14H12ClN3O3S. The Bertz CT molecular complexity index is 770. The first-order valence-electron chi connectivity index (χ1n) is 6.24. The third-order valence-electron chi connectivity index (χ3n) is 2.92. The van der Waals surface area contributed by atoms with Gasteiger partial charge in [-0.3, -0.25) is 14.9 Å². The SMILES string of the molecule is C/C(=N\NC(=O)c1ccc(C)c([N+](=O)[O-])c1)c1ccc(Cl)s1. The Morgan fingerprint density at radius 2 is 2.09 bits per heavy atom. The molecule has 0 saturated carbocycles. The van der Waals surface area contributed by atoms with Gasteiger partial charge in [-0.2, -0.15) is 5.10 Å². The molecule has 0 fully saturated rings. The second kappa shape index (κ2) is 6.67. The lowest BCUT2D eigenvalue weighted by Gasteiger charge is -2.03. The number of nitrogens with one attached hydrogen (secondary N) is 1. The summed E-state index contributed by atoms with van der Waals surface area (Å²) in [6, 6.07) is 7.82. The van der Waals surface area contributed by atoms with Gasteiger partial charge in [0.05, 0.1) is 19.8 Å². The average Bonchev–Trinajstić information content (AvgIpc) is 2.91. The molecule has 1 heterocycles. The predicted molar refractivity (Wildman–Crippen MR) is 86.8 cm³/mol. The second-order valence-electron chi connectivity index (χ2n) is 4.50. The highest BCUT2D eigenvalue weighted by molar-refractivity contribution is 7.18. The Morgan fingerprint density at radius 3 is 2.68 bits per heavy atom. The fraction of sp³-hybridized carbons (Fsp3) is 0.143. The number of amides is 1. The molecule has 1 aromatic heterocycles. The van der Waals surface area contributed by atoms with E-state index in [1.54, 1.807) is 26.0 Å². The van der Waals surface area contributed by atoms with Crippen LogP contribution in [0.5, 0.6) is 0 Å². The zero-order valence-electron chi connectivity index (χ0n) is 11.8. The van der Waals surface area contributed by atoms with E-state index in [1.165, 1.54) is 29.5 Å². The summed E-state index contributed by atoms with van der Waals surface area (Å²) in [6.07, 6.45) is 0. The summed E-state index contributed by atoms with van der Waals surface area (Å²) >= 11 is 7.18. The van der Waals surface area contributed by atoms with Gasteiger partial charge in [0.25, 0.3) is 11.6 Å². The number of thiophene rings is 1. The molecule has 0 aliphatic rings. The number of benzene rings is 1. The van der Waals surface area contributed by atoms with Crippen LogP contribution < -0.4 is 5.43 Å². The summed E-state index contributed by atoms with van der Waals surface area (Å²) < 4.78 is 0.630. The number of nitro benzene ring substituents is 1. The van der Waals surface area contributed by atoms with Gasteiger partial charge in [0.2, 0.25) is 0 Å². The first-order chi connectivity index (χ1) is 10.4. The molecule has 0 aliphatic carbocycles. The number of hydrogen-bond acceptors (Lipinski definition) is 5. The fourth-order valence-corrected chi connectivity index (χ4v) is 2.70. The van der Waals surface area contributed by atoms with Crippen molar-refractivity contribution >= 4 is 40.2 Å². The molecule has 0 spiro atoms. The molecule has 6 nitrogen and oxygen atoms in total. The van der Waals surface area contributed by atoms with E-state index < -0.39 is 10.8 Å². The molecule has 1 N–H and O–H groups in total. The van der Waals surface area contributed by atoms with E-state index in [9.17, 15) is 14.9 Å². The van der Waals surface area contributed by atoms with Gasteiger partial charge in [-0.25, -0.2) is 5.43 Å². The van der Waals surface area contributed by atoms with Crippen LogP contribution in [0.25, 0.3) is 0 Å². The van der Waals surface area contributed by atoms with Crippen molar-refractivity contribution in [3.8, 4) is 0 Å². The molecule has 1 aromatic carbocycles. The fourth-order valence-electron chi connectivity index (χ4n) is 1.71. The van der Waals surface area contributed by atoms with Crippen molar-refractivity contribution < 1.29 is 9.72 Å². The molecule has 0 bridgehead atoms. The molecular weight excluding hydrogens is 326 g/mol. The number of rotatable bonds is 4. The first-order valence-corrected chi connectivity index (χ1v) is 7.43. The van der Waals surface area contributed by atoms with Crippen LogP contribution >= 0.6 is 22.9 Å². The molecule has 114 valence electrons. The van der Waals surface area contributed by atoms with E-state index >= 15 is 0 Å². The van der Waals surface area contributed by atoms with Crippen LogP contribution in [0.15, 0.2) is 35.4 Å². The maximum absolute atomic E-state index is 12.0. The van der Waals surface area contributed by atoms with E-state index in [0.29, 0.717) is 15.6 Å². The van der Waals surface area contributed by atoms with Gasteiger partial charge in [-0.15, -0.1) is 11.3 Å². The third kappa shape index (κ3) is 3.69. The van der Waals surface area contributed by atoms with Crippen molar-refractivity contribution in [2.45, 2.75) is 13.8 Å². The zero-order chi connectivity index (χ0) is 16.3. The van der Waals surface area contributed by atoms with Crippen molar-refractivity contribution in [3.05, 3.63) is 60.8 Å². The number of nitrogens with zero attached hydrogens (tertiary/aromatic N) is 2. The third-order valence-corrected chi connectivity index (χ3v) is 4.26. The van der Waals surface area contributed by atoms with Crippen LogP contribution in [-0.2, 0) is 0 Å². The summed E-state index contributed by atoms with van der Waals surface area (Å²) in [4.78, 5) is 23.2. The molecule has 0 aliphatic heterocycles. The van der Waals surface area contributed by atoms with Gasteiger partial charge in [-0.05, 0) is 32.0 Å². The number of aryl methyl sites for hydroxylation is 1. The Kier molecular flexibility index (Phi) is 4.89. The number of halogens is 1. The largest absolute Gasteiger partial charge is 0.273 e. The highest BCUT2D eigenvalue weighted by atomic mass is 35.5. The minimum absolute atomic E-state index is 0.0987. The Labute approximate surface area is 135 Å². The lowest BCUT2D eigenvalue weighted by atomic mass is 10.1. The van der Waals surface area contributed by atoms with Crippen LogP contribution in [0.1, 0.15) is 27.7 Å². The van der Waals surface area contributed by atoms with Crippen molar-refractivity contribution in [3.63, 3.8) is 0 Å².